The summed E-state index contributed by atoms with van der Waals surface area (Å²) < 4.78 is 1.05. The number of hydrogen-bond donors (Lipinski definition) is 0. The molecule has 0 saturated heterocycles. The Morgan fingerprint density at radius 3 is 2.37 bits per heavy atom. The average molecular weight is 321 g/mol. The Balaban J connectivity index is 2.39. The molecule has 102 valence electrons. The van der Waals surface area contributed by atoms with Crippen molar-refractivity contribution in [1.29, 1.82) is 0 Å². The van der Waals surface area contributed by atoms with Crippen molar-refractivity contribution >= 4 is 22.2 Å². The standard InChI is InChI=1S/C17H21BrO/c1-2-12-17(13-19,14-6-4-3-5-7-14)15-8-10-16(18)11-9-15/h2,8-11,13-14H,1,3-7,12H2/t17-/m0/s1. The number of carbonyl (C=O) groups is 1. The fourth-order valence-corrected chi connectivity index (χ4v) is 3.61. The number of aldehydes is 1. The topological polar surface area (TPSA) is 17.1 Å². The first-order chi connectivity index (χ1) is 9.23. The van der Waals surface area contributed by atoms with Crippen molar-refractivity contribution in [1.82, 2.24) is 0 Å². The zero-order valence-corrected chi connectivity index (χ0v) is 12.9. The lowest BCUT2D eigenvalue weighted by Gasteiger charge is -2.38. The van der Waals surface area contributed by atoms with E-state index in [1.54, 1.807) is 0 Å². The van der Waals surface area contributed by atoms with Crippen molar-refractivity contribution in [3.05, 3.63) is 47.0 Å². The molecule has 2 heteroatoms. The maximum atomic E-state index is 11.9. The van der Waals surface area contributed by atoms with Crippen LogP contribution >= 0.6 is 15.9 Å². The molecule has 1 aromatic rings. The molecule has 0 N–H and O–H groups in total. The molecule has 0 radical (unpaired) electrons. The van der Waals surface area contributed by atoms with E-state index < -0.39 is 0 Å². The van der Waals surface area contributed by atoms with Crippen LogP contribution in [0.1, 0.15) is 44.1 Å². The van der Waals surface area contributed by atoms with Crippen LogP contribution in [0.15, 0.2) is 41.4 Å². The summed E-state index contributed by atoms with van der Waals surface area (Å²) in [7, 11) is 0. The molecule has 19 heavy (non-hydrogen) atoms. The van der Waals surface area contributed by atoms with Crippen molar-refractivity contribution in [3.63, 3.8) is 0 Å². The van der Waals surface area contributed by atoms with E-state index >= 15 is 0 Å². The minimum absolute atomic E-state index is 0.372. The molecule has 1 aromatic carbocycles. The zero-order valence-electron chi connectivity index (χ0n) is 11.3. The first kappa shape index (κ1) is 14.5. The van der Waals surface area contributed by atoms with E-state index in [1.807, 2.05) is 18.2 Å². The number of benzene rings is 1. The van der Waals surface area contributed by atoms with Crippen LogP contribution in [-0.4, -0.2) is 6.29 Å². The normalized spacial score (nSPS) is 19.6. The second-order valence-electron chi connectivity index (χ2n) is 5.49. The minimum atomic E-state index is -0.372. The van der Waals surface area contributed by atoms with Crippen LogP contribution in [0.2, 0.25) is 0 Å². The molecule has 1 saturated carbocycles. The van der Waals surface area contributed by atoms with E-state index in [2.05, 4.69) is 34.6 Å². The number of rotatable bonds is 5. The van der Waals surface area contributed by atoms with Crippen LogP contribution in [0, 0.1) is 5.92 Å². The second-order valence-corrected chi connectivity index (χ2v) is 6.41. The van der Waals surface area contributed by atoms with Gasteiger partial charge in [-0.25, -0.2) is 0 Å². The van der Waals surface area contributed by atoms with Crippen LogP contribution in [0.3, 0.4) is 0 Å². The van der Waals surface area contributed by atoms with Crippen molar-refractivity contribution < 1.29 is 4.79 Å². The third kappa shape index (κ3) is 3.00. The maximum absolute atomic E-state index is 11.9. The van der Waals surface area contributed by atoms with Crippen LogP contribution in [-0.2, 0) is 10.2 Å². The van der Waals surface area contributed by atoms with Gasteiger partial charge in [0.25, 0.3) is 0 Å². The highest BCUT2D eigenvalue weighted by molar-refractivity contribution is 9.10. The summed E-state index contributed by atoms with van der Waals surface area (Å²) in [6, 6.07) is 8.21. The molecule has 1 aliphatic rings. The van der Waals surface area contributed by atoms with Crippen LogP contribution in [0.25, 0.3) is 0 Å². The molecule has 0 heterocycles. The predicted octanol–water partition coefficient (Wildman–Crippen LogP) is 5.04. The number of hydrogen-bond acceptors (Lipinski definition) is 1. The van der Waals surface area contributed by atoms with Crippen molar-refractivity contribution in [3.8, 4) is 0 Å². The van der Waals surface area contributed by atoms with E-state index in [-0.39, 0.29) is 5.41 Å². The summed E-state index contributed by atoms with van der Waals surface area (Å²) in [6.45, 7) is 3.86. The Hall–Kier alpha value is -0.890. The summed E-state index contributed by atoms with van der Waals surface area (Å²) in [5, 5.41) is 0. The molecule has 0 spiro atoms. The Morgan fingerprint density at radius 2 is 1.84 bits per heavy atom. The first-order valence-corrected chi connectivity index (χ1v) is 7.85. The summed E-state index contributed by atoms with van der Waals surface area (Å²) >= 11 is 3.46. The van der Waals surface area contributed by atoms with Gasteiger partial charge in [-0.3, -0.25) is 0 Å². The van der Waals surface area contributed by atoms with Gasteiger partial charge >= 0.3 is 0 Å². The van der Waals surface area contributed by atoms with Gasteiger partial charge in [0.15, 0.2) is 0 Å². The lowest BCUT2D eigenvalue weighted by atomic mass is 9.64. The highest BCUT2D eigenvalue weighted by atomic mass is 79.9. The van der Waals surface area contributed by atoms with E-state index in [4.69, 9.17) is 0 Å². The molecule has 0 unspecified atom stereocenters. The van der Waals surface area contributed by atoms with Crippen molar-refractivity contribution in [2.24, 2.45) is 5.92 Å². The summed E-state index contributed by atoms with van der Waals surface area (Å²) in [5.74, 6) is 0.456. The van der Waals surface area contributed by atoms with E-state index in [1.165, 1.54) is 25.5 Å². The quantitative estimate of drug-likeness (QED) is 0.548. The minimum Gasteiger partial charge on any atom is -0.302 e. The van der Waals surface area contributed by atoms with Crippen LogP contribution in [0.4, 0.5) is 0 Å². The summed E-state index contributed by atoms with van der Waals surface area (Å²) in [4.78, 5) is 11.9. The van der Waals surface area contributed by atoms with Gasteiger partial charge in [-0.15, -0.1) is 6.58 Å². The van der Waals surface area contributed by atoms with Crippen LogP contribution < -0.4 is 0 Å². The fraction of sp³-hybridized carbons (Fsp3) is 0.471. The second kappa shape index (κ2) is 6.51. The summed E-state index contributed by atoms with van der Waals surface area (Å²) in [5.41, 5.74) is 0.764. The third-order valence-electron chi connectivity index (χ3n) is 4.41. The lowest BCUT2D eigenvalue weighted by molar-refractivity contribution is -0.114. The molecule has 0 aromatic heterocycles. The van der Waals surface area contributed by atoms with Gasteiger partial charge in [0, 0.05) is 4.47 Å². The van der Waals surface area contributed by atoms with Gasteiger partial charge in [0.2, 0.25) is 0 Å². The van der Waals surface area contributed by atoms with Crippen molar-refractivity contribution in [2.45, 2.75) is 43.9 Å². The number of halogens is 1. The SMILES string of the molecule is C=CC[C@@](C=O)(c1ccc(Br)cc1)C1CCCCC1. The predicted molar refractivity (Wildman–Crippen MR) is 83.3 cm³/mol. The van der Waals surface area contributed by atoms with Gasteiger partial charge in [-0.05, 0) is 42.9 Å². The van der Waals surface area contributed by atoms with E-state index in [9.17, 15) is 4.79 Å². The fourth-order valence-electron chi connectivity index (χ4n) is 3.35. The van der Waals surface area contributed by atoms with E-state index in [0.717, 1.165) is 29.3 Å². The Bertz CT molecular complexity index is 431. The molecular formula is C17H21BrO. The maximum Gasteiger partial charge on any atom is 0.131 e. The van der Waals surface area contributed by atoms with Gasteiger partial charge in [-0.1, -0.05) is 53.4 Å². The Morgan fingerprint density at radius 1 is 1.21 bits per heavy atom. The van der Waals surface area contributed by atoms with Gasteiger partial charge in [0.05, 0.1) is 5.41 Å². The molecule has 0 bridgehead atoms. The largest absolute Gasteiger partial charge is 0.302 e. The molecular weight excluding hydrogens is 300 g/mol. The number of allylic oxidation sites excluding steroid dienone is 1. The smallest absolute Gasteiger partial charge is 0.131 e. The van der Waals surface area contributed by atoms with Gasteiger partial charge < -0.3 is 4.79 Å². The Labute approximate surface area is 124 Å². The molecule has 2 rings (SSSR count). The number of carbonyl (C=O) groups excluding carboxylic acids is 1. The zero-order chi connectivity index (χ0) is 13.7. The lowest BCUT2D eigenvalue weighted by Crippen LogP contribution is -2.38. The molecule has 1 atom stereocenters. The van der Waals surface area contributed by atoms with E-state index in [0.29, 0.717) is 5.92 Å². The Kier molecular flexibility index (Phi) is 4.98. The molecule has 1 nitrogen and oxygen atoms in total. The van der Waals surface area contributed by atoms with Gasteiger partial charge in [0.1, 0.15) is 6.29 Å². The molecule has 0 amide bonds. The highest BCUT2D eigenvalue weighted by Crippen LogP contribution is 2.42. The molecule has 0 aliphatic heterocycles. The molecule has 1 fully saturated rings. The van der Waals surface area contributed by atoms with Crippen molar-refractivity contribution in [2.75, 3.05) is 0 Å². The van der Waals surface area contributed by atoms with Crippen LogP contribution in [0.5, 0.6) is 0 Å². The first-order valence-electron chi connectivity index (χ1n) is 7.06. The van der Waals surface area contributed by atoms with Gasteiger partial charge in [-0.2, -0.15) is 0 Å². The molecule has 1 aliphatic carbocycles. The third-order valence-corrected chi connectivity index (χ3v) is 4.94. The highest BCUT2D eigenvalue weighted by Gasteiger charge is 2.39. The monoisotopic (exact) mass is 320 g/mol. The average Bonchev–Trinajstić information content (AvgIpc) is 2.47. The summed E-state index contributed by atoms with van der Waals surface area (Å²) in [6.07, 6.45) is 9.91.